The van der Waals surface area contributed by atoms with Gasteiger partial charge in [-0.25, -0.2) is 0 Å². The van der Waals surface area contributed by atoms with E-state index < -0.39 is 6.23 Å². The van der Waals surface area contributed by atoms with E-state index >= 15 is 0 Å². The number of nitrogens with two attached hydrogens (primary N) is 1. The summed E-state index contributed by atoms with van der Waals surface area (Å²) in [6, 6.07) is 2.10. The molecular weight excluding hydrogens is 292 g/mol. The summed E-state index contributed by atoms with van der Waals surface area (Å²) in [5, 5.41) is 9.20. The molecule has 0 fully saturated rings. The summed E-state index contributed by atoms with van der Waals surface area (Å²) >= 11 is 3.43. The largest absolute Gasteiger partial charge is 0.379 e. The first-order valence-corrected chi connectivity index (χ1v) is 7.10. The zero-order valence-electron chi connectivity index (χ0n) is 10.6. The van der Waals surface area contributed by atoms with Crippen molar-refractivity contribution in [2.24, 2.45) is 11.7 Å². The number of allylic oxidation sites excluding steroid dienone is 2. The second-order valence-corrected chi connectivity index (χ2v) is 5.91. The van der Waals surface area contributed by atoms with E-state index in [1.54, 1.807) is 0 Å². The first kappa shape index (κ1) is 13.7. The van der Waals surface area contributed by atoms with Crippen molar-refractivity contribution >= 4 is 21.5 Å². The summed E-state index contributed by atoms with van der Waals surface area (Å²) in [6.07, 6.45) is 7.19. The fraction of sp³-hybridized carbons (Fsp3) is 0.500. The molecule has 0 amide bonds. The van der Waals surface area contributed by atoms with Gasteiger partial charge >= 0.3 is 0 Å². The standard InChI is InChI=1S/C14H19BrN2O/c1-9-6-12(15)8-17-14(9)11-4-2-10(3-5-11)7-13(16)18/h4,6,8,10,13,18H,2-3,5,7,16H2,1H3. The fourth-order valence-corrected chi connectivity index (χ4v) is 2.98. The number of aromatic nitrogens is 1. The van der Waals surface area contributed by atoms with E-state index in [-0.39, 0.29) is 0 Å². The summed E-state index contributed by atoms with van der Waals surface area (Å²) in [6.45, 7) is 2.09. The van der Waals surface area contributed by atoms with Crippen LogP contribution in [0.3, 0.4) is 0 Å². The molecular formula is C14H19BrN2O. The van der Waals surface area contributed by atoms with Gasteiger partial charge in [-0.1, -0.05) is 6.08 Å². The van der Waals surface area contributed by atoms with E-state index in [4.69, 9.17) is 5.73 Å². The summed E-state index contributed by atoms with van der Waals surface area (Å²) in [5.74, 6) is 0.504. The highest BCUT2D eigenvalue weighted by Gasteiger charge is 2.18. The Morgan fingerprint density at radius 2 is 2.39 bits per heavy atom. The van der Waals surface area contributed by atoms with E-state index in [0.717, 1.165) is 29.4 Å². The molecule has 0 bridgehead atoms. The number of aryl methyl sites for hydroxylation is 1. The molecule has 1 aliphatic carbocycles. The lowest BCUT2D eigenvalue weighted by molar-refractivity contribution is 0.146. The molecule has 2 atom stereocenters. The van der Waals surface area contributed by atoms with Crippen molar-refractivity contribution in [3.8, 4) is 0 Å². The van der Waals surface area contributed by atoms with Crippen LogP contribution in [0.2, 0.25) is 0 Å². The maximum atomic E-state index is 9.20. The number of hydrogen-bond donors (Lipinski definition) is 2. The number of hydrogen-bond acceptors (Lipinski definition) is 3. The predicted octanol–water partition coefficient (Wildman–Crippen LogP) is 3.00. The van der Waals surface area contributed by atoms with Gasteiger partial charge in [0.05, 0.1) is 5.69 Å². The van der Waals surface area contributed by atoms with Crippen molar-refractivity contribution in [1.29, 1.82) is 0 Å². The summed E-state index contributed by atoms with van der Waals surface area (Å²) in [7, 11) is 0. The molecule has 0 radical (unpaired) electrons. The SMILES string of the molecule is Cc1cc(Br)cnc1C1=CCC(CC(N)O)CC1. The van der Waals surface area contributed by atoms with Crippen molar-refractivity contribution in [1.82, 2.24) is 4.98 Å². The molecule has 0 spiro atoms. The van der Waals surface area contributed by atoms with Crippen LogP contribution in [-0.2, 0) is 0 Å². The molecule has 0 aromatic carbocycles. The van der Waals surface area contributed by atoms with Crippen molar-refractivity contribution in [3.63, 3.8) is 0 Å². The molecule has 98 valence electrons. The molecule has 0 saturated carbocycles. The summed E-state index contributed by atoms with van der Waals surface area (Å²) in [4.78, 5) is 4.50. The van der Waals surface area contributed by atoms with Gasteiger partial charge in [0.25, 0.3) is 0 Å². The molecule has 3 nitrogen and oxygen atoms in total. The number of nitrogens with zero attached hydrogens (tertiary/aromatic N) is 1. The number of pyridine rings is 1. The van der Waals surface area contributed by atoms with Crippen molar-refractivity contribution in [2.45, 2.75) is 38.8 Å². The van der Waals surface area contributed by atoms with Crippen LogP contribution >= 0.6 is 15.9 Å². The van der Waals surface area contributed by atoms with Gasteiger partial charge in [0.1, 0.15) is 6.23 Å². The Morgan fingerprint density at radius 3 is 2.94 bits per heavy atom. The molecule has 2 rings (SSSR count). The fourth-order valence-electron chi connectivity index (χ4n) is 2.54. The topological polar surface area (TPSA) is 59.1 Å². The lowest BCUT2D eigenvalue weighted by Gasteiger charge is -2.23. The van der Waals surface area contributed by atoms with Gasteiger partial charge < -0.3 is 10.8 Å². The minimum Gasteiger partial charge on any atom is -0.379 e. The highest BCUT2D eigenvalue weighted by atomic mass is 79.9. The van der Waals surface area contributed by atoms with Gasteiger partial charge in [-0.3, -0.25) is 4.98 Å². The van der Waals surface area contributed by atoms with Crippen LogP contribution in [0, 0.1) is 12.8 Å². The van der Waals surface area contributed by atoms with Gasteiger partial charge in [-0.2, -0.15) is 0 Å². The minimum absolute atomic E-state index is 0.504. The zero-order valence-corrected chi connectivity index (χ0v) is 12.2. The van der Waals surface area contributed by atoms with Crippen LogP contribution in [0.15, 0.2) is 22.8 Å². The number of halogens is 1. The Balaban J connectivity index is 2.09. The van der Waals surface area contributed by atoms with E-state index in [2.05, 4.69) is 40.0 Å². The molecule has 1 heterocycles. The van der Waals surface area contributed by atoms with Crippen molar-refractivity contribution < 1.29 is 5.11 Å². The highest BCUT2D eigenvalue weighted by molar-refractivity contribution is 9.10. The van der Waals surface area contributed by atoms with E-state index in [1.165, 1.54) is 11.1 Å². The quantitative estimate of drug-likeness (QED) is 0.844. The third-order valence-electron chi connectivity index (χ3n) is 3.44. The molecule has 1 aromatic rings. The Hall–Kier alpha value is -0.710. The molecule has 1 aromatic heterocycles. The summed E-state index contributed by atoms with van der Waals surface area (Å²) < 4.78 is 1.02. The monoisotopic (exact) mass is 310 g/mol. The smallest absolute Gasteiger partial charge is 0.102 e. The van der Waals surface area contributed by atoms with Gasteiger partial charge in [0.2, 0.25) is 0 Å². The average molecular weight is 311 g/mol. The highest BCUT2D eigenvalue weighted by Crippen LogP contribution is 2.32. The van der Waals surface area contributed by atoms with Crippen molar-refractivity contribution in [3.05, 3.63) is 34.1 Å². The van der Waals surface area contributed by atoms with Crippen LogP contribution in [0.25, 0.3) is 5.57 Å². The Bertz CT molecular complexity index is 457. The van der Waals surface area contributed by atoms with Crippen LogP contribution in [-0.4, -0.2) is 16.3 Å². The molecule has 3 N–H and O–H groups in total. The normalized spacial score (nSPS) is 21.6. The molecule has 0 aliphatic heterocycles. The Kier molecular flexibility index (Phi) is 4.54. The number of rotatable bonds is 3. The lowest BCUT2D eigenvalue weighted by atomic mass is 9.85. The second-order valence-electron chi connectivity index (χ2n) is 4.99. The van der Waals surface area contributed by atoms with Crippen LogP contribution in [0.4, 0.5) is 0 Å². The van der Waals surface area contributed by atoms with Gasteiger partial charge in [-0.15, -0.1) is 0 Å². The van der Waals surface area contributed by atoms with E-state index in [0.29, 0.717) is 12.3 Å². The third-order valence-corrected chi connectivity index (χ3v) is 3.88. The summed E-state index contributed by atoms with van der Waals surface area (Å²) in [5.41, 5.74) is 9.05. The predicted molar refractivity (Wildman–Crippen MR) is 76.8 cm³/mol. The third kappa shape index (κ3) is 3.40. The van der Waals surface area contributed by atoms with E-state index in [9.17, 15) is 5.11 Å². The second kappa shape index (κ2) is 5.95. The van der Waals surface area contributed by atoms with Crippen LogP contribution < -0.4 is 5.73 Å². The molecule has 0 saturated heterocycles. The molecule has 18 heavy (non-hydrogen) atoms. The maximum Gasteiger partial charge on any atom is 0.102 e. The minimum atomic E-state index is -0.683. The van der Waals surface area contributed by atoms with E-state index in [1.807, 2.05) is 6.20 Å². The average Bonchev–Trinajstić information content (AvgIpc) is 2.30. The van der Waals surface area contributed by atoms with Gasteiger partial charge in [-0.05, 0) is 71.7 Å². The zero-order chi connectivity index (χ0) is 13.1. The lowest BCUT2D eigenvalue weighted by Crippen LogP contribution is -2.23. The first-order valence-electron chi connectivity index (χ1n) is 6.31. The molecule has 2 unspecified atom stereocenters. The van der Waals surface area contributed by atoms with Crippen LogP contribution in [0.5, 0.6) is 0 Å². The van der Waals surface area contributed by atoms with Gasteiger partial charge in [0, 0.05) is 10.7 Å². The van der Waals surface area contributed by atoms with Crippen molar-refractivity contribution in [2.75, 3.05) is 0 Å². The number of aliphatic hydroxyl groups is 1. The maximum absolute atomic E-state index is 9.20. The Labute approximate surface area is 116 Å². The Morgan fingerprint density at radius 1 is 1.61 bits per heavy atom. The number of aliphatic hydroxyl groups excluding tert-OH is 1. The first-order chi connectivity index (χ1) is 8.56. The molecule has 4 heteroatoms. The molecule has 1 aliphatic rings. The van der Waals surface area contributed by atoms with Crippen LogP contribution in [0.1, 0.15) is 36.9 Å². The van der Waals surface area contributed by atoms with Gasteiger partial charge in [0.15, 0.2) is 0 Å².